The highest BCUT2D eigenvalue weighted by molar-refractivity contribution is 6.30. The summed E-state index contributed by atoms with van der Waals surface area (Å²) in [6.45, 7) is 2.11. The molecule has 1 fully saturated rings. The molecule has 1 aliphatic rings. The highest BCUT2D eigenvalue weighted by Gasteiger charge is 2.40. The number of fused-ring (bicyclic) bond motifs is 1. The number of amides is 3. The molecule has 2 atom stereocenters. The molecule has 5 rings (SSSR count). The molecule has 0 bridgehead atoms. The Kier molecular flexibility index (Phi) is 7.32. The zero-order valence-corrected chi connectivity index (χ0v) is 21.9. The number of likely N-dealkylation sites (tertiary alicyclic amines) is 1. The number of ether oxygens (including phenoxy) is 1. The van der Waals surface area contributed by atoms with Gasteiger partial charge < -0.3 is 15.0 Å². The second-order valence-electron chi connectivity index (χ2n) is 9.32. The van der Waals surface area contributed by atoms with E-state index in [9.17, 15) is 14.4 Å². The number of anilines is 2. The molecule has 39 heavy (non-hydrogen) atoms. The number of aromatic nitrogens is 2. The van der Waals surface area contributed by atoms with E-state index in [1.54, 1.807) is 18.3 Å². The molecule has 9 nitrogen and oxygen atoms in total. The van der Waals surface area contributed by atoms with Gasteiger partial charge in [-0.2, -0.15) is 0 Å². The van der Waals surface area contributed by atoms with Crippen molar-refractivity contribution in [1.82, 2.24) is 14.5 Å². The molecule has 200 valence electrons. The normalized spacial score (nSPS) is 16.9. The third kappa shape index (κ3) is 5.62. The minimum Gasteiger partial charge on any atom is -0.380 e. The average molecular weight is 550 g/mol. The first-order chi connectivity index (χ1) is 18.7. The Hall–Kier alpha value is -4.28. The van der Waals surface area contributed by atoms with Crippen molar-refractivity contribution >= 4 is 45.8 Å². The predicted octanol–water partition coefficient (Wildman–Crippen LogP) is 4.75. The molecule has 0 spiro atoms. The molecule has 1 aliphatic heterocycles. The number of benzene rings is 2. The van der Waals surface area contributed by atoms with Crippen LogP contribution in [0.25, 0.3) is 16.5 Å². The molecule has 0 saturated carbocycles. The summed E-state index contributed by atoms with van der Waals surface area (Å²) in [4.78, 5) is 44.2. The van der Waals surface area contributed by atoms with E-state index >= 15 is 4.39 Å². The molecule has 0 aliphatic carbocycles. The minimum atomic E-state index is -0.909. The van der Waals surface area contributed by atoms with E-state index in [0.717, 1.165) is 16.3 Å². The van der Waals surface area contributed by atoms with E-state index in [4.69, 9.17) is 16.3 Å². The topological polar surface area (TPSA) is 106 Å². The molecule has 4 aromatic rings. The van der Waals surface area contributed by atoms with Crippen LogP contribution in [0.5, 0.6) is 0 Å². The fraction of sp³-hybridized carbons (Fsp3) is 0.214. The molecule has 1 saturated heterocycles. The Morgan fingerprint density at radius 3 is 2.62 bits per heavy atom. The maximum Gasteiger partial charge on any atom is 0.323 e. The van der Waals surface area contributed by atoms with Gasteiger partial charge in [0.05, 0.1) is 22.5 Å². The summed E-state index contributed by atoms with van der Waals surface area (Å²) in [7, 11) is 1.50. The smallest absolute Gasteiger partial charge is 0.323 e. The maximum atomic E-state index is 15.1. The van der Waals surface area contributed by atoms with Gasteiger partial charge in [-0.05, 0) is 42.0 Å². The Morgan fingerprint density at radius 1 is 1.08 bits per heavy atom. The summed E-state index contributed by atoms with van der Waals surface area (Å²) >= 11 is 5.85. The summed E-state index contributed by atoms with van der Waals surface area (Å²) in [5, 5.41) is 7.25. The van der Waals surface area contributed by atoms with Crippen molar-refractivity contribution in [3.05, 3.63) is 93.7 Å². The fourth-order valence-corrected chi connectivity index (χ4v) is 4.70. The van der Waals surface area contributed by atoms with Crippen molar-refractivity contribution < 1.29 is 18.7 Å². The number of nitrogens with one attached hydrogen (secondary N) is 2. The van der Waals surface area contributed by atoms with Gasteiger partial charge in [-0.1, -0.05) is 35.4 Å². The van der Waals surface area contributed by atoms with Gasteiger partial charge in [0.25, 0.3) is 5.56 Å². The summed E-state index contributed by atoms with van der Waals surface area (Å²) in [6.07, 6.45) is 2.90. The minimum absolute atomic E-state index is 0.0752. The van der Waals surface area contributed by atoms with Crippen LogP contribution in [0.2, 0.25) is 5.02 Å². The first kappa shape index (κ1) is 26.3. The quantitative estimate of drug-likeness (QED) is 0.374. The van der Waals surface area contributed by atoms with Gasteiger partial charge in [0.1, 0.15) is 17.7 Å². The van der Waals surface area contributed by atoms with E-state index in [0.29, 0.717) is 10.7 Å². The average Bonchev–Trinajstić information content (AvgIpc) is 3.36. The monoisotopic (exact) mass is 549 g/mol. The van der Waals surface area contributed by atoms with Gasteiger partial charge in [-0.15, -0.1) is 0 Å². The number of methoxy groups -OCH3 is 1. The van der Waals surface area contributed by atoms with Crippen LogP contribution < -0.4 is 16.2 Å². The largest absolute Gasteiger partial charge is 0.380 e. The first-order valence-electron chi connectivity index (χ1n) is 12.2. The lowest BCUT2D eigenvalue weighted by atomic mass is 10.1. The molecule has 3 amide bonds. The third-order valence-electron chi connectivity index (χ3n) is 6.64. The van der Waals surface area contributed by atoms with Crippen LogP contribution in [0.15, 0.2) is 71.8 Å². The highest BCUT2D eigenvalue weighted by Crippen LogP contribution is 2.25. The van der Waals surface area contributed by atoms with E-state index in [2.05, 4.69) is 15.6 Å². The Morgan fingerprint density at radius 2 is 1.90 bits per heavy atom. The summed E-state index contributed by atoms with van der Waals surface area (Å²) < 4.78 is 21.9. The zero-order chi connectivity index (χ0) is 27.7. The standard InChI is InChI=1S/C28H25ClFN5O4/c1-16-3-4-17-14-34(26(36)10-18(17)9-16)20-6-7-23(22(30)11-20)32-27(37)24-12-21(39-2)15-35(24)28(38)33-25-8-5-19(29)13-31-25/h3-11,13-14,21,24H,12,15H2,1-2H3,(H,32,37)(H,31,33,38)/t21-,24-/m1/s1. The second-order valence-corrected chi connectivity index (χ2v) is 9.76. The van der Waals surface area contributed by atoms with Crippen LogP contribution in [0.3, 0.4) is 0 Å². The highest BCUT2D eigenvalue weighted by atomic mass is 35.5. The van der Waals surface area contributed by atoms with Gasteiger partial charge >= 0.3 is 6.03 Å². The van der Waals surface area contributed by atoms with Crippen molar-refractivity contribution in [3.8, 4) is 5.69 Å². The van der Waals surface area contributed by atoms with Crippen LogP contribution in [0.4, 0.5) is 20.7 Å². The molecule has 11 heteroatoms. The Bertz CT molecular complexity index is 1630. The van der Waals surface area contributed by atoms with Crippen molar-refractivity contribution in [3.63, 3.8) is 0 Å². The molecule has 2 N–H and O–H groups in total. The molecular weight excluding hydrogens is 525 g/mol. The molecule has 2 aromatic heterocycles. The lowest BCUT2D eigenvalue weighted by Crippen LogP contribution is -2.45. The Balaban J connectivity index is 1.34. The van der Waals surface area contributed by atoms with Crippen molar-refractivity contribution in [1.29, 1.82) is 0 Å². The number of halogens is 2. The van der Waals surface area contributed by atoms with E-state index < -0.39 is 23.8 Å². The molecule has 2 aromatic carbocycles. The second kappa shape index (κ2) is 10.8. The SMILES string of the molecule is CO[C@@H]1C[C@H](C(=O)Nc2ccc(-n3cc4ccc(C)cc4cc3=O)cc2F)N(C(=O)Nc2ccc(Cl)cn2)C1. The van der Waals surface area contributed by atoms with Crippen molar-refractivity contribution in [2.75, 3.05) is 24.3 Å². The van der Waals surface area contributed by atoms with E-state index in [1.807, 2.05) is 25.1 Å². The third-order valence-corrected chi connectivity index (χ3v) is 6.86. The number of hydrogen-bond acceptors (Lipinski definition) is 5. The number of carbonyl (C=O) groups is 2. The van der Waals surface area contributed by atoms with Gasteiger partial charge in [0, 0.05) is 44.6 Å². The van der Waals surface area contributed by atoms with Gasteiger partial charge in [-0.25, -0.2) is 14.2 Å². The number of nitrogens with zero attached hydrogens (tertiary/aromatic N) is 3. The lowest BCUT2D eigenvalue weighted by Gasteiger charge is -2.24. The number of rotatable bonds is 5. The number of carbonyl (C=O) groups excluding carboxylic acids is 2. The van der Waals surface area contributed by atoms with Crippen LogP contribution in [-0.4, -0.2) is 52.2 Å². The van der Waals surface area contributed by atoms with Crippen LogP contribution in [0.1, 0.15) is 12.0 Å². The van der Waals surface area contributed by atoms with E-state index in [-0.39, 0.29) is 36.1 Å². The maximum absolute atomic E-state index is 15.1. The van der Waals surface area contributed by atoms with E-state index in [1.165, 1.54) is 47.0 Å². The molecule has 3 heterocycles. The predicted molar refractivity (Wildman–Crippen MR) is 147 cm³/mol. The van der Waals surface area contributed by atoms with Gasteiger partial charge in [0.15, 0.2) is 0 Å². The van der Waals surface area contributed by atoms with Crippen LogP contribution in [-0.2, 0) is 9.53 Å². The van der Waals surface area contributed by atoms with Crippen LogP contribution in [0, 0.1) is 12.7 Å². The number of urea groups is 1. The fourth-order valence-electron chi connectivity index (χ4n) is 4.59. The lowest BCUT2D eigenvalue weighted by molar-refractivity contribution is -0.119. The summed E-state index contributed by atoms with van der Waals surface area (Å²) in [5.74, 6) is -1.02. The molecular formula is C28H25ClFN5O4. The van der Waals surface area contributed by atoms with Crippen molar-refractivity contribution in [2.24, 2.45) is 0 Å². The number of pyridine rings is 2. The zero-order valence-electron chi connectivity index (χ0n) is 21.2. The van der Waals surface area contributed by atoms with Crippen LogP contribution >= 0.6 is 11.6 Å². The first-order valence-corrected chi connectivity index (χ1v) is 12.6. The number of aryl methyl sites for hydroxylation is 1. The number of hydrogen-bond donors (Lipinski definition) is 2. The molecule has 0 radical (unpaired) electrons. The Labute approximate surface area is 228 Å². The van der Waals surface area contributed by atoms with Crippen molar-refractivity contribution in [2.45, 2.75) is 25.5 Å². The van der Waals surface area contributed by atoms with Gasteiger partial charge in [-0.3, -0.25) is 19.5 Å². The summed E-state index contributed by atoms with van der Waals surface area (Å²) in [5.41, 5.74) is 0.962. The summed E-state index contributed by atoms with van der Waals surface area (Å²) in [6, 6.07) is 13.0. The molecule has 0 unspecified atom stereocenters. The van der Waals surface area contributed by atoms with Gasteiger partial charge in [0.2, 0.25) is 5.91 Å².